The summed E-state index contributed by atoms with van der Waals surface area (Å²) in [6, 6.07) is 0. The molecule has 0 amide bonds. The van der Waals surface area contributed by atoms with Gasteiger partial charge in [0, 0.05) is 28.4 Å². The molecule has 0 rings (SSSR count). The first-order valence-corrected chi connectivity index (χ1v) is 17.3. The Balaban J connectivity index is 5.46. The maximum absolute atomic E-state index is 5.60. The summed E-state index contributed by atoms with van der Waals surface area (Å²) in [5.74, 6) is 2.09. The summed E-state index contributed by atoms with van der Waals surface area (Å²) in [5, 5.41) is 0. The molecule has 0 aromatic rings. The molecule has 0 aliphatic rings. The topological polar surface area (TPSA) is 43.4 Å². The lowest BCUT2D eigenvalue weighted by atomic mass is 10.6. The van der Waals surface area contributed by atoms with Crippen LogP contribution in [0.5, 0.6) is 0 Å². The van der Waals surface area contributed by atoms with Crippen LogP contribution in [0.15, 0.2) is 0 Å². The number of ether oxygens (including phenoxy) is 4. The standard InChI is InChI=1S/C18H40N2O4S6/c1-11-13-29(17(21-7)22-8)15(19(3)4)25-27-28-26-16(20(5)6)30(14-12-2)18(23-9)24-10/h17-18H,11-14H2,1-10H3. The molecular weight excluding hydrogens is 501 g/mol. The van der Waals surface area contributed by atoms with E-state index in [1.54, 1.807) is 69.7 Å². The van der Waals surface area contributed by atoms with Crippen LogP contribution in [-0.2, 0) is 18.9 Å². The zero-order valence-corrected chi connectivity index (χ0v) is 24.9. The average molecular weight is 541 g/mol. The molecule has 30 heavy (non-hydrogen) atoms. The van der Waals surface area contributed by atoms with Crippen molar-refractivity contribution in [3.05, 3.63) is 0 Å². The van der Waals surface area contributed by atoms with E-state index in [0.29, 0.717) is 0 Å². The number of nitrogens with zero attached hydrogens (tertiary/aromatic N) is 2. The molecule has 0 radical (unpaired) electrons. The van der Waals surface area contributed by atoms with Crippen LogP contribution in [-0.4, -0.2) is 97.8 Å². The van der Waals surface area contributed by atoms with Crippen molar-refractivity contribution >= 4 is 70.8 Å². The Morgan fingerprint density at radius 1 is 0.667 bits per heavy atom. The molecule has 2 unspecified atom stereocenters. The largest absolute Gasteiger partial charge is 0.347 e. The number of rotatable bonds is 13. The van der Waals surface area contributed by atoms with Crippen molar-refractivity contribution in [2.45, 2.75) is 37.9 Å². The minimum Gasteiger partial charge on any atom is -0.347 e. The predicted molar refractivity (Wildman–Crippen MR) is 149 cm³/mol. The Hall–Kier alpha value is 1.60. The van der Waals surface area contributed by atoms with E-state index in [1.807, 2.05) is 0 Å². The predicted octanol–water partition coefficient (Wildman–Crippen LogP) is 5.47. The lowest BCUT2D eigenvalue weighted by Crippen LogP contribution is -2.24. The average Bonchev–Trinajstić information content (AvgIpc) is 2.71. The van der Waals surface area contributed by atoms with Crippen LogP contribution in [0.4, 0.5) is 0 Å². The van der Waals surface area contributed by atoms with Crippen LogP contribution < -0.4 is 0 Å². The molecule has 0 saturated heterocycles. The van der Waals surface area contributed by atoms with Gasteiger partial charge in [-0.3, -0.25) is 9.80 Å². The third-order valence-corrected chi connectivity index (χ3v) is 16.9. The van der Waals surface area contributed by atoms with E-state index in [4.69, 9.17) is 18.9 Å². The zero-order chi connectivity index (χ0) is 23.1. The van der Waals surface area contributed by atoms with Gasteiger partial charge in [0.15, 0.2) is 0 Å². The van der Waals surface area contributed by atoms with Crippen molar-refractivity contribution in [2.75, 3.05) is 68.1 Å². The smallest absolute Gasteiger partial charge is 0.203 e. The maximum atomic E-state index is 5.60. The Bertz CT molecular complexity index is 481. The normalized spacial score (nSPS) is 15.4. The summed E-state index contributed by atoms with van der Waals surface area (Å²) in [5.41, 5.74) is -0.423. The van der Waals surface area contributed by atoms with Gasteiger partial charge in [-0.05, 0) is 93.8 Å². The van der Waals surface area contributed by atoms with Gasteiger partial charge in [0.05, 0.1) is 8.64 Å². The lowest BCUT2D eigenvalue weighted by molar-refractivity contribution is -0.0349. The Labute approximate surface area is 204 Å². The molecule has 2 atom stereocenters. The van der Waals surface area contributed by atoms with Gasteiger partial charge >= 0.3 is 0 Å². The van der Waals surface area contributed by atoms with E-state index < -0.39 is 0 Å². The first-order chi connectivity index (χ1) is 14.3. The molecule has 0 N–H and O–H groups in total. The molecule has 0 aliphatic carbocycles. The van der Waals surface area contributed by atoms with Crippen molar-refractivity contribution in [3.63, 3.8) is 0 Å². The van der Waals surface area contributed by atoms with E-state index in [-0.39, 0.29) is 32.2 Å². The van der Waals surface area contributed by atoms with Crippen molar-refractivity contribution in [1.29, 1.82) is 0 Å². The molecule has 6 nitrogen and oxygen atoms in total. The van der Waals surface area contributed by atoms with E-state index in [2.05, 4.69) is 51.8 Å². The fourth-order valence-electron chi connectivity index (χ4n) is 2.42. The number of methoxy groups -OCH3 is 4. The highest BCUT2D eigenvalue weighted by atomic mass is 33.7. The number of hydrogen-bond donors (Lipinski definition) is 0. The second-order valence-corrected chi connectivity index (χ2v) is 16.6. The highest BCUT2D eigenvalue weighted by Gasteiger charge is 2.21. The van der Waals surface area contributed by atoms with E-state index in [9.17, 15) is 0 Å². The van der Waals surface area contributed by atoms with Crippen LogP contribution >= 0.6 is 62.2 Å². The quantitative estimate of drug-likeness (QED) is 0.130. The molecule has 0 heterocycles. The summed E-state index contributed by atoms with van der Waals surface area (Å²) in [6.07, 6.45) is 2.18. The zero-order valence-electron chi connectivity index (χ0n) is 20.0. The minimum atomic E-state index is -0.211. The van der Waals surface area contributed by atoms with Crippen LogP contribution in [0.2, 0.25) is 0 Å². The monoisotopic (exact) mass is 540 g/mol. The molecule has 0 aromatic carbocycles. The second-order valence-electron chi connectivity index (χ2n) is 6.41. The lowest BCUT2D eigenvalue weighted by Gasteiger charge is -2.26. The minimum absolute atomic E-state index is 0.113. The molecule has 0 bridgehead atoms. The fraction of sp³-hybridized carbons (Fsp3) is 0.889. The SMILES string of the molecule is CCCS(=C(SSSSC(N(C)C)=S(CCC)C(OC)OC)N(C)C)C(OC)OC. The van der Waals surface area contributed by atoms with Crippen LogP contribution in [0.1, 0.15) is 26.7 Å². The third kappa shape index (κ3) is 11.1. The first-order valence-electron chi connectivity index (χ1n) is 9.59. The van der Waals surface area contributed by atoms with Crippen LogP contribution in [0.25, 0.3) is 0 Å². The van der Waals surface area contributed by atoms with E-state index in [0.717, 1.165) is 24.3 Å². The van der Waals surface area contributed by atoms with Gasteiger partial charge in [-0.25, -0.2) is 0 Å². The summed E-state index contributed by atoms with van der Waals surface area (Å²) < 4.78 is 25.0. The maximum Gasteiger partial charge on any atom is 0.203 e. The van der Waals surface area contributed by atoms with Gasteiger partial charge in [-0.15, -0.1) is 21.0 Å². The Kier molecular flexibility index (Phi) is 20.0. The number of hydrogen-bond acceptors (Lipinski definition) is 8. The molecule has 0 fully saturated rings. The van der Waals surface area contributed by atoms with Gasteiger partial charge in [0.2, 0.25) is 11.2 Å². The van der Waals surface area contributed by atoms with Crippen molar-refractivity contribution < 1.29 is 18.9 Å². The van der Waals surface area contributed by atoms with Gasteiger partial charge in [-0.2, -0.15) is 0 Å². The molecular formula is C18H40N2O4S6. The van der Waals surface area contributed by atoms with Gasteiger partial charge in [-0.1, -0.05) is 13.8 Å². The molecule has 182 valence electrons. The van der Waals surface area contributed by atoms with E-state index in [1.165, 1.54) is 8.64 Å². The summed E-state index contributed by atoms with van der Waals surface area (Å²) >= 11 is 0. The first kappa shape index (κ1) is 31.6. The molecule has 0 aromatic heterocycles. The highest BCUT2D eigenvalue weighted by Crippen LogP contribution is 2.49. The van der Waals surface area contributed by atoms with Gasteiger partial charge in [0.25, 0.3) is 0 Å². The van der Waals surface area contributed by atoms with Crippen molar-refractivity contribution in [1.82, 2.24) is 9.80 Å². The second kappa shape index (κ2) is 19.0. The van der Waals surface area contributed by atoms with Crippen LogP contribution in [0, 0.1) is 0 Å². The Morgan fingerprint density at radius 3 is 1.17 bits per heavy atom. The van der Waals surface area contributed by atoms with E-state index >= 15 is 0 Å². The summed E-state index contributed by atoms with van der Waals surface area (Å²) in [6.45, 7) is 4.40. The highest BCUT2D eigenvalue weighted by molar-refractivity contribution is 9.29. The molecule has 0 saturated carbocycles. The summed E-state index contributed by atoms with van der Waals surface area (Å²) in [4.78, 5) is 4.38. The van der Waals surface area contributed by atoms with Crippen LogP contribution in [0.3, 0.4) is 0 Å². The molecule has 0 spiro atoms. The fourth-order valence-corrected chi connectivity index (χ4v) is 15.9. The molecule has 0 aliphatic heterocycles. The third-order valence-electron chi connectivity index (χ3n) is 3.50. The van der Waals surface area contributed by atoms with Crippen molar-refractivity contribution in [2.24, 2.45) is 0 Å². The van der Waals surface area contributed by atoms with Gasteiger partial charge < -0.3 is 18.9 Å². The Morgan fingerprint density at radius 2 is 0.967 bits per heavy atom. The van der Waals surface area contributed by atoms with Crippen molar-refractivity contribution in [3.8, 4) is 0 Å². The summed E-state index contributed by atoms with van der Waals surface area (Å²) in [7, 11) is 22.2. The van der Waals surface area contributed by atoms with Gasteiger partial charge in [0.1, 0.15) is 0 Å². The molecule has 12 heteroatoms.